The Morgan fingerprint density at radius 3 is 2.47 bits per heavy atom. The van der Waals surface area contributed by atoms with Gasteiger partial charge in [0.05, 0.1) is 12.4 Å². The monoisotopic (exact) mass is 235 g/mol. The first kappa shape index (κ1) is 12.1. The van der Waals surface area contributed by atoms with Gasteiger partial charge in [-0.3, -0.25) is 4.57 Å². The highest BCUT2D eigenvalue weighted by Crippen LogP contribution is 2.46. The Balaban J connectivity index is 2.60. The molecule has 0 unspecified atom stereocenters. The molecule has 0 saturated heterocycles. The van der Waals surface area contributed by atoms with Crippen LogP contribution in [0, 0.1) is 0 Å². The van der Waals surface area contributed by atoms with E-state index >= 15 is 0 Å². The van der Waals surface area contributed by atoms with Gasteiger partial charge in [-0.15, -0.1) is 0 Å². The SMILES string of the molecule is COP(=O)(CCc1cc(O)n(O)c1)OC. The summed E-state index contributed by atoms with van der Waals surface area (Å²) in [6.45, 7) is 0. The number of rotatable bonds is 5. The zero-order valence-corrected chi connectivity index (χ0v) is 9.48. The van der Waals surface area contributed by atoms with Crippen LogP contribution < -0.4 is 0 Å². The summed E-state index contributed by atoms with van der Waals surface area (Å²) in [5.41, 5.74) is 0.657. The highest BCUT2D eigenvalue weighted by atomic mass is 31.2. The molecule has 0 bridgehead atoms. The molecule has 1 rings (SSSR count). The van der Waals surface area contributed by atoms with Gasteiger partial charge >= 0.3 is 7.60 Å². The van der Waals surface area contributed by atoms with Crippen LogP contribution in [0.3, 0.4) is 0 Å². The molecule has 0 spiro atoms. The molecule has 0 atom stereocenters. The lowest BCUT2D eigenvalue weighted by Crippen LogP contribution is -1.97. The minimum atomic E-state index is -3.02. The molecular weight excluding hydrogens is 221 g/mol. The predicted octanol–water partition coefficient (Wildman–Crippen LogP) is 1.46. The van der Waals surface area contributed by atoms with Crippen LogP contribution in [0.4, 0.5) is 0 Å². The maximum absolute atomic E-state index is 11.6. The molecule has 0 saturated carbocycles. The van der Waals surface area contributed by atoms with E-state index in [9.17, 15) is 4.57 Å². The van der Waals surface area contributed by atoms with Crippen molar-refractivity contribution in [3.63, 3.8) is 0 Å². The maximum atomic E-state index is 11.6. The van der Waals surface area contributed by atoms with Crippen LogP contribution in [0.5, 0.6) is 5.88 Å². The Hall–Kier alpha value is -0.970. The first-order chi connectivity index (χ1) is 7.00. The third-order valence-corrected chi connectivity index (χ3v) is 3.95. The molecule has 1 aromatic rings. The maximum Gasteiger partial charge on any atom is 0.330 e. The summed E-state index contributed by atoms with van der Waals surface area (Å²) in [6.07, 6.45) is 1.93. The normalized spacial score (nSPS) is 11.9. The third-order valence-electron chi connectivity index (χ3n) is 2.07. The van der Waals surface area contributed by atoms with Crippen LogP contribution >= 0.6 is 7.60 Å². The van der Waals surface area contributed by atoms with Gasteiger partial charge in [0.25, 0.3) is 0 Å². The molecule has 0 aliphatic carbocycles. The number of aryl methyl sites for hydroxylation is 1. The van der Waals surface area contributed by atoms with E-state index in [0.29, 0.717) is 16.7 Å². The summed E-state index contributed by atoms with van der Waals surface area (Å²) in [6, 6.07) is 1.38. The zero-order chi connectivity index (χ0) is 11.5. The van der Waals surface area contributed by atoms with Crippen LogP contribution in [-0.4, -0.2) is 35.4 Å². The van der Waals surface area contributed by atoms with Gasteiger partial charge in [0.2, 0.25) is 5.88 Å². The number of aromatic hydroxyl groups is 1. The van der Waals surface area contributed by atoms with Crippen molar-refractivity contribution in [2.24, 2.45) is 0 Å². The van der Waals surface area contributed by atoms with E-state index in [2.05, 4.69) is 0 Å². The smallest absolute Gasteiger partial charge is 0.330 e. The van der Waals surface area contributed by atoms with Crippen molar-refractivity contribution >= 4 is 7.60 Å². The first-order valence-electron chi connectivity index (χ1n) is 4.31. The number of nitrogens with zero attached hydrogens (tertiary/aromatic N) is 1. The molecule has 1 aromatic heterocycles. The largest absolute Gasteiger partial charge is 0.492 e. The van der Waals surface area contributed by atoms with E-state index in [1.54, 1.807) is 0 Å². The fourth-order valence-electron chi connectivity index (χ4n) is 1.15. The number of aromatic nitrogens is 1. The van der Waals surface area contributed by atoms with Gasteiger partial charge in [0.15, 0.2) is 0 Å². The molecule has 0 fully saturated rings. The van der Waals surface area contributed by atoms with Crippen molar-refractivity contribution in [1.29, 1.82) is 0 Å². The van der Waals surface area contributed by atoms with Crippen molar-refractivity contribution < 1.29 is 23.9 Å². The standard InChI is InChI=1S/C8H14NO5P/c1-13-15(12,14-2)4-3-7-5-8(10)9(11)6-7/h5-6,10-11H,3-4H2,1-2H3. The predicted molar refractivity (Wildman–Crippen MR) is 53.5 cm³/mol. The van der Waals surface area contributed by atoms with E-state index in [0.717, 1.165) is 0 Å². The lowest BCUT2D eigenvalue weighted by atomic mass is 10.3. The number of hydrogen-bond donors (Lipinski definition) is 2. The summed E-state index contributed by atoms with van der Waals surface area (Å²) in [5.74, 6) is -0.255. The Bertz CT molecular complexity index is 348. The van der Waals surface area contributed by atoms with Crippen LogP contribution in [0.1, 0.15) is 5.56 Å². The third kappa shape index (κ3) is 2.99. The zero-order valence-electron chi connectivity index (χ0n) is 8.58. The summed E-state index contributed by atoms with van der Waals surface area (Å²) in [7, 11) is -0.388. The van der Waals surface area contributed by atoms with E-state index in [1.165, 1.54) is 26.5 Å². The lowest BCUT2D eigenvalue weighted by molar-refractivity contribution is 0.156. The molecule has 0 aromatic carbocycles. The lowest BCUT2D eigenvalue weighted by Gasteiger charge is -2.12. The molecule has 0 aliphatic heterocycles. The van der Waals surface area contributed by atoms with Gasteiger partial charge < -0.3 is 19.4 Å². The fourth-order valence-corrected chi connectivity index (χ4v) is 2.20. The van der Waals surface area contributed by atoms with E-state index in [1.807, 2.05) is 0 Å². The van der Waals surface area contributed by atoms with Crippen LogP contribution in [0.25, 0.3) is 0 Å². The van der Waals surface area contributed by atoms with E-state index < -0.39 is 7.60 Å². The van der Waals surface area contributed by atoms with Crippen molar-refractivity contribution in [3.05, 3.63) is 17.8 Å². The quantitative estimate of drug-likeness (QED) is 0.596. The second kappa shape index (κ2) is 4.70. The van der Waals surface area contributed by atoms with Gasteiger partial charge in [-0.25, -0.2) is 0 Å². The van der Waals surface area contributed by atoms with Crippen LogP contribution in [0.15, 0.2) is 12.3 Å². The fraction of sp³-hybridized carbons (Fsp3) is 0.500. The van der Waals surface area contributed by atoms with Crippen LogP contribution in [0.2, 0.25) is 0 Å². The second-order valence-corrected chi connectivity index (χ2v) is 5.40. The van der Waals surface area contributed by atoms with Crippen molar-refractivity contribution in [1.82, 2.24) is 4.73 Å². The van der Waals surface area contributed by atoms with Crippen molar-refractivity contribution in [2.75, 3.05) is 20.4 Å². The summed E-state index contributed by atoms with van der Waals surface area (Å²) in [4.78, 5) is 0. The summed E-state index contributed by atoms with van der Waals surface area (Å²) >= 11 is 0. The van der Waals surface area contributed by atoms with E-state index in [-0.39, 0.29) is 12.0 Å². The molecule has 0 radical (unpaired) electrons. The summed E-state index contributed by atoms with van der Waals surface area (Å²) < 4.78 is 21.7. The molecule has 0 aliphatic rings. The molecule has 0 amide bonds. The Morgan fingerprint density at radius 1 is 1.47 bits per heavy atom. The molecule has 6 nitrogen and oxygen atoms in total. The Kier molecular flexibility index (Phi) is 3.79. The average molecular weight is 235 g/mol. The average Bonchev–Trinajstić information content (AvgIpc) is 2.55. The highest BCUT2D eigenvalue weighted by Gasteiger charge is 2.20. The van der Waals surface area contributed by atoms with E-state index in [4.69, 9.17) is 19.4 Å². The van der Waals surface area contributed by atoms with Crippen molar-refractivity contribution in [3.8, 4) is 5.88 Å². The summed E-state index contributed by atoms with van der Waals surface area (Å²) in [5, 5.41) is 18.1. The first-order valence-corrected chi connectivity index (χ1v) is 6.03. The van der Waals surface area contributed by atoms with Gasteiger partial charge in [0.1, 0.15) is 0 Å². The van der Waals surface area contributed by atoms with Gasteiger partial charge in [0, 0.05) is 20.3 Å². The second-order valence-electron chi connectivity index (χ2n) is 3.00. The Morgan fingerprint density at radius 2 is 2.07 bits per heavy atom. The molecule has 2 N–H and O–H groups in total. The van der Waals surface area contributed by atoms with Gasteiger partial charge in [-0.2, -0.15) is 4.73 Å². The molecule has 1 heterocycles. The molecule has 7 heteroatoms. The highest BCUT2D eigenvalue weighted by molar-refractivity contribution is 7.53. The number of hydrogen-bond acceptors (Lipinski definition) is 5. The molecule has 15 heavy (non-hydrogen) atoms. The molecular formula is C8H14NO5P. The van der Waals surface area contributed by atoms with Crippen LogP contribution in [-0.2, 0) is 20.0 Å². The van der Waals surface area contributed by atoms with Crippen molar-refractivity contribution in [2.45, 2.75) is 6.42 Å². The topological polar surface area (TPSA) is 80.9 Å². The van der Waals surface area contributed by atoms with Gasteiger partial charge in [-0.05, 0) is 12.0 Å². The Labute approximate surface area is 87.5 Å². The molecule has 86 valence electrons. The van der Waals surface area contributed by atoms with Gasteiger partial charge in [-0.1, -0.05) is 0 Å². The minimum Gasteiger partial charge on any atom is -0.492 e. The minimum absolute atomic E-state index is 0.198.